The fourth-order valence-electron chi connectivity index (χ4n) is 1.76. The van der Waals surface area contributed by atoms with Crippen LogP contribution in [0.25, 0.3) is 0 Å². The summed E-state index contributed by atoms with van der Waals surface area (Å²) < 4.78 is 58.7. The minimum Gasteiger partial charge on any atom is -0.381 e. The Morgan fingerprint density at radius 3 is 1.47 bits per heavy atom. The van der Waals surface area contributed by atoms with Crippen molar-refractivity contribution in [1.82, 2.24) is 0 Å². The molecule has 0 spiro atoms. The van der Waals surface area contributed by atoms with Crippen LogP contribution in [0.4, 0.5) is 0 Å². The molecule has 3 atom stereocenters. The summed E-state index contributed by atoms with van der Waals surface area (Å²) in [4.78, 5) is 0. The van der Waals surface area contributed by atoms with Crippen LogP contribution in [0, 0.1) is 0 Å². The first-order valence-electron chi connectivity index (χ1n) is 4.90. The van der Waals surface area contributed by atoms with E-state index in [9.17, 15) is 16.8 Å². The minimum absolute atomic E-state index is 0.270. The molecule has 0 N–H and O–H groups in total. The highest BCUT2D eigenvalue weighted by molar-refractivity contribution is 7.86. The van der Waals surface area contributed by atoms with Gasteiger partial charge in [-0.2, -0.15) is 16.8 Å². The second kappa shape index (κ2) is 5.19. The highest BCUT2D eigenvalue weighted by Gasteiger charge is 2.40. The molecule has 1 aliphatic rings. The van der Waals surface area contributed by atoms with E-state index >= 15 is 0 Å². The fraction of sp³-hybridized carbons (Fsp3) is 1.00. The van der Waals surface area contributed by atoms with Gasteiger partial charge < -0.3 is 4.74 Å². The van der Waals surface area contributed by atoms with E-state index in [0.29, 0.717) is 0 Å². The molecule has 1 aliphatic carbocycles. The monoisotopic (exact) mass is 288 g/mol. The van der Waals surface area contributed by atoms with Gasteiger partial charge in [0.2, 0.25) is 0 Å². The van der Waals surface area contributed by atoms with Gasteiger partial charge in [0.15, 0.2) is 0 Å². The van der Waals surface area contributed by atoms with Crippen LogP contribution in [-0.2, 0) is 33.3 Å². The Morgan fingerprint density at radius 2 is 1.24 bits per heavy atom. The summed E-state index contributed by atoms with van der Waals surface area (Å²) in [5.74, 6) is 0. The van der Waals surface area contributed by atoms with E-state index in [1.54, 1.807) is 0 Å². The topological polar surface area (TPSA) is 96.0 Å². The molecule has 1 rings (SSSR count). The molecule has 0 radical (unpaired) electrons. The van der Waals surface area contributed by atoms with Crippen molar-refractivity contribution in [1.29, 1.82) is 0 Å². The van der Waals surface area contributed by atoms with Crippen LogP contribution in [-0.4, -0.2) is 54.8 Å². The second-order valence-electron chi connectivity index (χ2n) is 4.01. The molecule has 0 aromatic heterocycles. The quantitative estimate of drug-likeness (QED) is 0.628. The first-order chi connectivity index (χ1) is 7.61. The summed E-state index contributed by atoms with van der Waals surface area (Å²) in [5.41, 5.74) is 0. The molecule has 0 aromatic carbocycles. The Balaban J connectivity index is 2.78. The second-order valence-corrected chi connectivity index (χ2v) is 7.21. The van der Waals surface area contributed by atoms with Crippen molar-refractivity contribution < 1.29 is 29.9 Å². The van der Waals surface area contributed by atoms with Gasteiger partial charge in [-0.15, -0.1) is 0 Å². The fourth-order valence-corrected chi connectivity index (χ4v) is 3.07. The van der Waals surface area contributed by atoms with Crippen LogP contribution in [0.5, 0.6) is 0 Å². The van der Waals surface area contributed by atoms with Crippen LogP contribution in [0.15, 0.2) is 0 Å². The molecule has 0 bridgehead atoms. The highest BCUT2D eigenvalue weighted by atomic mass is 32.2. The van der Waals surface area contributed by atoms with Crippen LogP contribution >= 0.6 is 0 Å². The Hall–Kier alpha value is -0.220. The van der Waals surface area contributed by atoms with Crippen molar-refractivity contribution in [3.63, 3.8) is 0 Å². The van der Waals surface area contributed by atoms with Gasteiger partial charge in [0, 0.05) is 20.0 Å². The van der Waals surface area contributed by atoms with Gasteiger partial charge in [-0.25, -0.2) is 0 Å². The minimum atomic E-state index is -3.66. The lowest BCUT2D eigenvalue weighted by Gasteiger charge is -2.17. The third-order valence-corrected chi connectivity index (χ3v) is 3.53. The summed E-state index contributed by atoms with van der Waals surface area (Å²) in [6.07, 6.45) is 0.450. The van der Waals surface area contributed by atoms with Crippen molar-refractivity contribution in [3.8, 4) is 0 Å². The van der Waals surface area contributed by atoms with Crippen molar-refractivity contribution in [2.24, 2.45) is 0 Å². The molecule has 0 amide bonds. The molecule has 9 heteroatoms. The number of methoxy groups -OCH3 is 1. The van der Waals surface area contributed by atoms with Gasteiger partial charge in [0.05, 0.1) is 18.6 Å². The summed E-state index contributed by atoms with van der Waals surface area (Å²) >= 11 is 0. The van der Waals surface area contributed by atoms with E-state index in [0.717, 1.165) is 12.5 Å². The largest absolute Gasteiger partial charge is 0.381 e. The lowest BCUT2D eigenvalue weighted by atomic mass is 10.3. The molecule has 0 aromatic rings. The van der Waals surface area contributed by atoms with Gasteiger partial charge in [0.1, 0.15) is 12.2 Å². The van der Waals surface area contributed by atoms with Gasteiger partial charge in [0.25, 0.3) is 20.2 Å². The maximum Gasteiger partial charge on any atom is 0.264 e. The normalized spacial score (nSPS) is 30.6. The predicted octanol–water partition coefficient (Wildman–Crippen LogP) is -0.515. The van der Waals surface area contributed by atoms with E-state index in [1.165, 1.54) is 7.11 Å². The van der Waals surface area contributed by atoms with Gasteiger partial charge in [-0.05, 0) is 0 Å². The van der Waals surface area contributed by atoms with E-state index in [-0.39, 0.29) is 18.9 Å². The Kier molecular flexibility index (Phi) is 4.53. The number of ether oxygens (including phenoxy) is 1. The summed E-state index contributed by atoms with van der Waals surface area (Å²) in [5, 5.41) is 0. The van der Waals surface area contributed by atoms with Crippen molar-refractivity contribution in [3.05, 3.63) is 0 Å². The molecule has 1 fully saturated rings. The van der Waals surface area contributed by atoms with Crippen LogP contribution in [0.3, 0.4) is 0 Å². The first kappa shape index (κ1) is 14.8. The van der Waals surface area contributed by atoms with Crippen molar-refractivity contribution >= 4 is 20.2 Å². The Morgan fingerprint density at radius 1 is 0.882 bits per heavy atom. The van der Waals surface area contributed by atoms with Crippen LogP contribution in [0.2, 0.25) is 0 Å². The maximum absolute atomic E-state index is 11.0. The van der Waals surface area contributed by atoms with Crippen LogP contribution < -0.4 is 0 Å². The third kappa shape index (κ3) is 5.30. The molecule has 0 heterocycles. The standard InChI is InChI=1S/C8H16O7S2/c1-13-6-4-7(14-16(2,9)10)8(5-6)15-17(3,11)12/h6-8H,4-5H2,1-3H3/t6?,7-,8?/m1/s1. The zero-order valence-corrected chi connectivity index (χ0v) is 11.5. The predicted molar refractivity (Wildman–Crippen MR) is 59.5 cm³/mol. The molecule has 102 valence electrons. The number of rotatable bonds is 5. The molecular formula is C8H16O7S2. The number of hydrogen-bond donors (Lipinski definition) is 0. The lowest BCUT2D eigenvalue weighted by Crippen LogP contribution is -2.30. The zero-order chi connectivity index (χ0) is 13.3. The maximum atomic E-state index is 11.0. The van der Waals surface area contributed by atoms with Crippen molar-refractivity contribution in [2.75, 3.05) is 19.6 Å². The number of hydrogen-bond acceptors (Lipinski definition) is 7. The van der Waals surface area contributed by atoms with Gasteiger partial charge in [-0.1, -0.05) is 0 Å². The molecule has 7 nitrogen and oxygen atoms in total. The van der Waals surface area contributed by atoms with Gasteiger partial charge in [-0.3, -0.25) is 8.37 Å². The summed E-state index contributed by atoms with van der Waals surface area (Å²) in [6, 6.07) is 0. The van der Waals surface area contributed by atoms with E-state index < -0.39 is 32.4 Å². The SMILES string of the molecule is COC1CC(OS(C)(=O)=O)[C@H](OS(C)(=O)=O)C1. The van der Waals surface area contributed by atoms with E-state index in [1.807, 2.05) is 0 Å². The summed E-state index contributed by atoms with van der Waals surface area (Å²) in [7, 11) is -5.85. The highest BCUT2D eigenvalue weighted by Crippen LogP contribution is 2.29. The lowest BCUT2D eigenvalue weighted by molar-refractivity contribution is 0.0887. The Bertz CT molecular complexity index is 410. The van der Waals surface area contributed by atoms with E-state index in [2.05, 4.69) is 0 Å². The molecular weight excluding hydrogens is 272 g/mol. The molecule has 0 aliphatic heterocycles. The summed E-state index contributed by atoms with van der Waals surface area (Å²) in [6.45, 7) is 0. The van der Waals surface area contributed by atoms with E-state index in [4.69, 9.17) is 13.1 Å². The average molecular weight is 288 g/mol. The smallest absolute Gasteiger partial charge is 0.264 e. The average Bonchev–Trinajstić information content (AvgIpc) is 2.42. The third-order valence-electron chi connectivity index (χ3n) is 2.34. The molecule has 17 heavy (non-hydrogen) atoms. The molecule has 1 saturated carbocycles. The molecule has 2 unspecified atom stereocenters. The van der Waals surface area contributed by atoms with Crippen LogP contribution in [0.1, 0.15) is 12.8 Å². The zero-order valence-electron chi connectivity index (χ0n) is 9.82. The van der Waals surface area contributed by atoms with Crippen molar-refractivity contribution in [2.45, 2.75) is 31.2 Å². The first-order valence-corrected chi connectivity index (χ1v) is 8.53. The van der Waals surface area contributed by atoms with Gasteiger partial charge >= 0.3 is 0 Å². The molecule has 0 saturated heterocycles. The Labute approximate surface area is 101 Å².